The molecule has 1 fully saturated rings. The van der Waals surface area contributed by atoms with Gasteiger partial charge in [-0.15, -0.1) is 12.4 Å². The van der Waals surface area contributed by atoms with Crippen LogP contribution in [-0.4, -0.2) is 53.1 Å². The van der Waals surface area contributed by atoms with E-state index < -0.39 is 21.6 Å². The van der Waals surface area contributed by atoms with Crippen LogP contribution in [0.25, 0.3) is 0 Å². The molecule has 10 heteroatoms. The highest BCUT2D eigenvalue weighted by Gasteiger charge is 2.49. The van der Waals surface area contributed by atoms with Gasteiger partial charge in [0.15, 0.2) is 0 Å². The highest BCUT2D eigenvalue weighted by molar-refractivity contribution is 7.88. The fourth-order valence-electron chi connectivity index (χ4n) is 5.41. The van der Waals surface area contributed by atoms with Gasteiger partial charge in [0, 0.05) is 23.5 Å². The Kier molecular flexibility index (Phi) is 11.0. The van der Waals surface area contributed by atoms with Crippen LogP contribution < -0.4 is 9.46 Å². The molecule has 1 N–H and O–H groups in total. The summed E-state index contributed by atoms with van der Waals surface area (Å²) in [7, 11) is 1.89. The Bertz CT molecular complexity index is 1390. The third-order valence-electron chi connectivity index (χ3n) is 7.11. The van der Waals surface area contributed by atoms with Crippen molar-refractivity contribution >= 4 is 40.0 Å². The average molecular weight is 608 g/mol. The van der Waals surface area contributed by atoms with Crippen LogP contribution in [0.3, 0.4) is 0 Å². The van der Waals surface area contributed by atoms with E-state index in [1.165, 1.54) is 0 Å². The molecular formula is C30H36Cl2N2O5S. The first-order chi connectivity index (χ1) is 18.6. The molecule has 0 saturated heterocycles. The highest BCUT2D eigenvalue weighted by atomic mass is 35.5. The van der Waals surface area contributed by atoms with E-state index in [0.717, 1.165) is 5.56 Å². The molecular weight excluding hydrogens is 571 g/mol. The minimum atomic E-state index is -3.63. The predicted molar refractivity (Wildman–Crippen MR) is 161 cm³/mol. The van der Waals surface area contributed by atoms with Gasteiger partial charge in [-0.25, -0.2) is 17.9 Å². The van der Waals surface area contributed by atoms with E-state index in [4.69, 9.17) is 21.1 Å². The number of carbonyl (C=O) groups excluding carboxylic acids is 1. The molecule has 1 aliphatic carbocycles. The van der Waals surface area contributed by atoms with Gasteiger partial charge in [-0.3, -0.25) is 0 Å². The number of nitrogens with one attached hydrogen (secondary N) is 1. The van der Waals surface area contributed by atoms with Crippen LogP contribution >= 0.6 is 24.0 Å². The summed E-state index contributed by atoms with van der Waals surface area (Å²) in [4.78, 5) is 15.5. The lowest BCUT2D eigenvalue weighted by atomic mass is 9.69. The lowest BCUT2D eigenvalue weighted by molar-refractivity contribution is -0.0866. The zero-order chi connectivity index (χ0) is 28.0. The number of hydrogen-bond donors (Lipinski definition) is 1. The molecule has 3 atom stereocenters. The molecule has 3 aromatic carbocycles. The van der Waals surface area contributed by atoms with Gasteiger partial charge in [0.2, 0.25) is 10.0 Å². The van der Waals surface area contributed by atoms with Crippen LogP contribution in [0.2, 0.25) is 5.02 Å². The summed E-state index contributed by atoms with van der Waals surface area (Å²) in [6.07, 6.45) is 1.44. The van der Waals surface area contributed by atoms with Crippen molar-refractivity contribution in [1.29, 1.82) is 0 Å². The minimum absolute atomic E-state index is 0. The van der Waals surface area contributed by atoms with Crippen LogP contribution in [0.5, 0.6) is 5.75 Å². The fourth-order valence-corrected chi connectivity index (χ4v) is 7.05. The number of esters is 1. The van der Waals surface area contributed by atoms with Crippen molar-refractivity contribution in [1.82, 2.24) is 9.62 Å². The second-order valence-electron chi connectivity index (χ2n) is 10.3. The van der Waals surface area contributed by atoms with Crippen molar-refractivity contribution in [3.8, 4) is 5.75 Å². The summed E-state index contributed by atoms with van der Waals surface area (Å²) in [6.45, 7) is 0.589. The Hall–Kier alpha value is -2.62. The Morgan fingerprint density at radius 3 is 2.45 bits per heavy atom. The number of ether oxygens (including phenoxy) is 2. The molecule has 0 radical (unpaired) electrons. The van der Waals surface area contributed by atoms with Gasteiger partial charge in [-0.2, -0.15) is 0 Å². The number of carbonyl (C=O) groups is 1. The average Bonchev–Trinajstić information content (AvgIpc) is 2.90. The van der Waals surface area contributed by atoms with Crippen LogP contribution in [0.15, 0.2) is 78.9 Å². The van der Waals surface area contributed by atoms with E-state index in [2.05, 4.69) is 4.72 Å². The van der Waals surface area contributed by atoms with Gasteiger partial charge in [-0.05, 0) is 80.9 Å². The number of sulfonamides is 1. The van der Waals surface area contributed by atoms with Crippen LogP contribution in [0, 0.1) is 5.92 Å². The standard InChI is InChI=1S/C30H35ClN2O5S.ClH/c1-33(2)20-25-18-27(32-39(35,36)21-22-9-7-13-26(31)17-22)15-16-30(25,24-12-8-14-28(19-24)37-3)38-29(34)23-10-5-4-6-11-23;/h4-14,17,19,25,27,32H,15-16,18,20-21H2,1-3H3;1H. The van der Waals surface area contributed by atoms with E-state index >= 15 is 0 Å². The van der Waals surface area contributed by atoms with E-state index in [1.807, 2.05) is 49.3 Å². The van der Waals surface area contributed by atoms with E-state index in [0.29, 0.717) is 47.7 Å². The van der Waals surface area contributed by atoms with Gasteiger partial charge in [0.05, 0.1) is 18.4 Å². The molecule has 1 aliphatic rings. The quantitative estimate of drug-likeness (QED) is 0.299. The number of halogens is 2. The van der Waals surface area contributed by atoms with Gasteiger partial charge < -0.3 is 14.4 Å². The highest BCUT2D eigenvalue weighted by Crippen LogP contribution is 2.46. The first kappa shape index (κ1) is 31.9. The summed E-state index contributed by atoms with van der Waals surface area (Å²) < 4.78 is 41.1. The van der Waals surface area contributed by atoms with Crippen LogP contribution in [0.1, 0.15) is 40.7 Å². The molecule has 3 aromatic rings. The van der Waals surface area contributed by atoms with Gasteiger partial charge in [0.1, 0.15) is 11.4 Å². The van der Waals surface area contributed by atoms with Crippen molar-refractivity contribution in [2.24, 2.45) is 5.92 Å². The van der Waals surface area contributed by atoms with Gasteiger partial charge in [0.25, 0.3) is 0 Å². The molecule has 1 saturated carbocycles. The largest absolute Gasteiger partial charge is 0.497 e. The number of rotatable bonds is 10. The molecule has 0 amide bonds. The summed E-state index contributed by atoms with van der Waals surface area (Å²) in [5, 5.41) is 0.495. The fraction of sp³-hybridized carbons (Fsp3) is 0.367. The lowest BCUT2D eigenvalue weighted by Gasteiger charge is -2.47. The zero-order valence-corrected chi connectivity index (χ0v) is 25.3. The van der Waals surface area contributed by atoms with Gasteiger partial charge >= 0.3 is 5.97 Å². The summed E-state index contributed by atoms with van der Waals surface area (Å²) in [5.41, 5.74) is 0.949. The van der Waals surface area contributed by atoms with Crippen LogP contribution in [-0.2, 0) is 26.1 Å². The molecule has 7 nitrogen and oxygen atoms in total. The molecule has 40 heavy (non-hydrogen) atoms. The van der Waals surface area contributed by atoms with E-state index in [9.17, 15) is 13.2 Å². The summed E-state index contributed by atoms with van der Waals surface area (Å²) in [6, 6.07) is 23.1. The number of hydrogen-bond acceptors (Lipinski definition) is 6. The van der Waals surface area contributed by atoms with Crippen molar-refractivity contribution in [2.75, 3.05) is 27.7 Å². The van der Waals surface area contributed by atoms with Crippen molar-refractivity contribution in [2.45, 2.75) is 36.7 Å². The Balaban J connectivity index is 0.00000441. The van der Waals surface area contributed by atoms with Crippen LogP contribution in [0.4, 0.5) is 0 Å². The zero-order valence-electron chi connectivity index (χ0n) is 22.9. The first-order valence-electron chi connectivity index (χ1n) is 12.9. The van der Waals surface area contributed by atoms with Crippen molar-refractivity contribution < 1.29 is 22.7 Å². The van der Waals surface area contributed by atoms with Gasteiger partial charge in [-0.1, -0.05) is 54.1 Å². The molecule has 0 aliphatic heterocycles. The summed E-state index contributed by atoms with van der Waals surface area (Å²) in [5.74, 6) is -0.107. The normalized spacial score (nSPS) is 20.9. The molecule has 0 aromatic heterocycles. The molecule has 216 valence electrons. The molecule has 3 unspecified atom stereocenters. The molecule has 0 spiro atoms. The summed E-state index contributed by atoms with van der Waals surface area (Å²) >= 11 is 6.06. The number of methoxy groups -OCH3 is 1. The predicted octanol–water partition coefficient (Wildman–Crippen LogP) is 5.67. The number of benzene rings is 3. The Morgan fingerprint density at radius 1 is 1.05 bits per heavy atom. The minimum Gasteiger partial charge on any atom is -0.497 e. The first-order valence-corrected chi connectivity index (χ1v) is 15.0. The molecule has 4 rings (SSSR count). The third-order valence-corrected chi connectivity index (χ3v) is 8.75. The lowest BCUT2D eigenvalue weighted by Crippen LogP contribution is -2.52. The maximum absolute atomic E-state index is 13.4. The Labute approximate surface area is 248 Å². The van der Waals surface area contributed by atoms with E-state index in [-0.39, 0.29) is 30.1 Å². The smallest absolute Gasteiger partial charge is 0.339 e. The Morgan fingerprint density at radius 2 is 1.77 bits per heavy atom. The second kappa shape index (κ2) is 13.8. The molecule has 0 heterocycles. The maximum Gasteiger partial charge on any atom is 0.339 e. The topological polar surface area (TPSA) is 84.9 Å². The van der Waals surface area contributed by atoms with E-state index in [1.54, 1.807) is 55.6 Å². The monoisotopic (exact) mass is 606 g/mol. The van der Waals surface area contributed by atoms with Crippen molar-refractivity contribution in [3.05, 3.63) is 101 Å². The number of nitrogens with zero attached hydrogens (tertiary/aromatic N) is 1. The van der Waals surface area contributed by atoms with Crippen molar-refractivity contribution in [3.63, 3.8) is 0 Å². The second-order valence-corrected chi connectivity index (χ2v) is 12.5. The third kappa shape index (κ3) is 7.98. The maximum atomic E-state index is 13.4. The SMILES string of the molecule is COc1cccc(C2(OC(=O)c3ccccc3)CCC(NS(=O)(=O)Cc3cccc(Cl)c3)CC2CN(C)C)c1.Cl. The molecule has 0 bridgehead atoms.